The molecule has 1 saturated heterocycles. The number of aryl methyl sites for hydroxylation is 1. The van der Waals surface area contributed by atoms with Crippen molar-refractivity contribution in [2.45, 2.75) is 38.8 Å². The summed E-state index contributed by atoms with van der Waals surface area (Å²) in [6, 6.07) is 7.74. The number of aromatic nitrogens is 3. The number of likely N-dealkylation sites (tertiary alicyclic amines) is 1. The van der Waals surface area contributed by atoms with E-state index in [1.54, 1.807) is 28.3 Å². The van der Waals surface area contributed by atoms with Gasteiger partial charge in [-0.3, -0.25) is 13.9 Å². The lowest BCUT2D eigenvalue weighted by Gasteiger charge is -2.31. The highest BCUT2D eigenvalue weighted by atomic mass is 35.5. The second-order valence-corrected chi connectivity index (χ2v) is 8.53. The van der Waals surface area contributed by atoms with Crippen LogP contribution in [0.4, 0.5) is 0 Å². The predicted molar refractivity (Wildman–Crippen MR) is 115 cm³/mol. The highest BCUT2D eigenvalue weighted by molar-refractivity contribution is 7.13. The summed E-state index contributed by atoms with van der Waals surface area (Å²) in [7, 11) is 0. The second kappa shape index (κ2) is 8.55. The number of thiazole rings is 1. The van der Waals surface area contributed by atoms with Gasteiger partial charge >= 0.3 is 5.69 Å². The van der Waals surface area contributed by atoms with E-state index >= 15 is 0 Å². The molecule has 1 aliphatic heterocycles. The lowest BCUT2D eigenvalue weighted by atomic mass is 9.94. The number of carbonyl (C=O) groups excluding carboxylic acids is 1. The third kappa shape index (κ3) is 4.31. The van der Waals surface area contributed by atoms with Crippen molar-refractivity contribution in [2.24, 2.45) is 0 Å². The van der Waals surface area contributed by atoms with Gasteiger partial charge in [-0.2, -0.15) is 0 Å². The van der Waals surface area contributed by atoms with Crippen LogP contribution >= 0.6 is 22.9 Å². The van der Waals surface area contributed by atoms with Crippen LogP contribution in [0, 0.1) is 0 Å². The van der Waals surface area contributed by atoms with E-state index in [1.165, 1.54) is 4.57 Å². The van der Waals surface area contributed by atoms with Gasteiger partial charge in [0.15, 0.2) is 0 Å². The molecule has 1 amide bonds. The zero-order valence-corrected chi connectivity index (χ0v) is 17.8. The summed E-state index contributed by atoms with van der Waals surface area (Å²) in [4.78, 5) is 31.4. The zero-order valence-electron chi connectivity index (χ0n) is 16.3. The maximum Gasteiger partial charge on any atom is 0.328 e. The molecule has 4 rings (SSSR count). The lowest BCUT2D eigenvalue weighted by Crippen LogP contribution is -2.41. The molecule has 152 valence electrons. The Morgan fingerprint density at radius 1 is 1.24 bits per heavy atom. The highest BCUT2D eigenvalue weighted by Gasteiger charge is 2.26. The minimum Gasteiger partial charge on any atom is -0.341 e. The maximum atomic E-state index is 12.6. The van der Waals surface area contributed by atoms with Crippen LogP contribution in [-0.2, 0) is 17.9 Å². The molecule has 1 aliphatic rings. The van der Waals surface area contributed by atoms with Crippen molar-refractivity contribution in [1.82, 2.24) is 19.0 Å². The molecule has 1 aromatic carbocycles. The van der Waals surface area contributed by atoms with Crippen molar-refractivity contribution in [2.75, 3.05) is 13.1 Å². The second-order valence-electron chi connectivity index (χ2n) is 7.24. The highest BCUT2D eigenvalue weighted by Crippen LogP contribution is 2.33. The third-order valence-corrected chi connectivity index (χ3v) is 6.57. The first-order valence-corrected chi connectivity index (χ1v) is 11.1. The third-order valence-electron chi connectivity index (χ3n) is 5.42. The van der Waals surface area contributed by atoms with E-state index in [9.17, 15) is 9.59 Å². The molecule has 6 nitrogen and oxygen atoms in total. The molecule has 0 spiro atoms. The van der Waals surface area contributed by atoms with Gasteiger partial charge in [0.1, 0.15) is 11.6 Å². The van der Waals surface area contributed by atoms with Crippen LogP contribution in [0.3, 0.4) is 0 Å². The molecule has 1 fully saturated rings. The minimum absolute atomic E-state index is 0.00250. The van der Waals surface area contributed by atoms with Crippen molar-refractivity contribution in [3.05, 3.63) is 63.2 Å². The van der Waals surface area contributed by atoms with Crippen molar-refractivity contribution >= 4 is 28.8 Å². The summed E-state index contributed by atoms with van der Waals surface area (Å²) < 4.78 is 3.08. The average Bonchev–Trinajstić information content (AvgIpc) is 3.36. The van der Waals surface area contributed by atoms with E-state index in [2.05, 4.69) is 5.38 Å². The number of piperidine rings is 1. The summed E-state index contributed by atoms with van der Waals surface area (Å²) in [5.41, 5.74) is 1.99. The number of rotatable bonds is 5. The van der Waals surface area contributed by atoms with Gasteiger partial charge in [-0.25, -0.2) is 9.78 Å². The Labute approximate surface area is 178 Å². The van der Waals surface area contributed by atoms with Crippen LogP contribution in [0.2, 0.25) is 5.02 Å². The number of hydrogen-bond acceptors (Lipinski definition) is 4. The van der Waals surface area contributed by atoms with Gasteiger partial charge in [-0.1, -0.05) is 23.7 Å². The van der Waals surface area contributed by atoms with Crippen molar-refractivity contribution in [3.8, 4) is 10.6 Å². The predicted octanol–water partition coefficient (Wildman–Crippen LogP) is 3.85. The first-order valence-electron chi connectivity index (χ1n) is 9.80. The van der Waals surface area contributed by atoms with Crippen LogP contribution in [0.25, 0.3) is 10.6 Å². The number of hydrogen-bond donors (Lipinski definition) is 0. The molecular weight excluding hydrogens is 408 g/mol. The van der Waals surface area contributed by atoms with Gasteiger partial charge in [0, 0.05) is 53.9 Å². The van der Waals surface area contributed by atoms with Crippen LogP contribution in [0.5, 0.6) is 0 Å². The van der Waals surface area contributed by atoms with E-state index in [-0.39, 0.29) is 18.1 Å². The fourth-order valence-electron chi connectivity index (χ4n) is 3.71. The van der Waals surface area contributed by atoms with Crippen LogP contribution in [0.1, 0.15) is 31.4 Å². The normalized spacial score (nSPS) is 15.0. The Balaban J connectivity index is 1.36. The first kappa shape index (κ1) is 19.9. The van der Waals surface area contributed by atoms with Crippen LogP contribution in [-0.4, -0.2) is 38.0 Å². The van der Waals surface area contributed by atoms with Gasteiger partial charge < -0.3 is 4.90 Å². The Hall–Kier alpha value is -2.38. The Kier molecular flexibility index (Phi) is 5.87. The number of benzene rings is 1. The molecule has 0 radical (unpaired) electrons. The van der Waals surface area contributed by atoms with Crippen molar-refractivity contribution in [3.63, 3.8) is 0 Å². The van der Waals surface area contributed by atoms with E-state index in [0.717, 1.165) is 29.1 Å². The van der Waals surface area contributed by atoms with E-state index in [4.69, 9.17) is 16.6 Å². The largest absolute Gasteiger partial charge is 0.341 e. The Bertz CT molecular complexity index is 1060. The molecule has 0 bridgehead atoms. The molecule has 8 heteroatoms. The van der Waals surface area contributed by atoms with E-state index in [1.807, 2.05) is 36.1 Å². The molecule has 0 atom stereocenters. The molecule has 0 aliphatic carbocycles. The molecule has 29 heavy (non-hydrogen) atoms. The van der Waals surface area contributed by atoms with Crippen LogP contribution in [0.15, 0.2) is 46.8 Å². The molecule has 3 aromatic rings. The molecule has 3 heterocycles. The number of imidazole rings is 1. The van der Waals surface area contributed by atoms with Gasteiger partial charge in [0.25, 0.3) is 0 Å². The molecule has 0 saturated carbocycles. The Morgan fingerprint density at radius 3 is 2.69 bits per heavy atom. The monoisotopic (exact) mass is 430 g/mol. The number of nitrogens with zero attached hydrogens (tertiary/aromatic N) is 4. The quantitative estimate of drug-likeness (QED) is 0.617. The van der Waals surface area contributed by atoms with Gasteiger partial charge in [-0.15, -0.1) is 11.3 Å². The molecule has 0 unspecified atom stereocenters. The van der Waals surface area contributed by atoms with Gasteiger partial charge in [-0.05, 0) is 31.9 Å². The summed E-state index contributed by atoms with van der Waals surface area (Å²) >= 11 is 7.72. The average molecular weight is 431 g/mol. The molecule has 0 N–H and O–H groups in total. The molecular formula is C21H23ClN4O2S. The van der Waals surface area contributed by atoms with Gasteiger partial charge in [0.05, 0.1) is 5.69 Å². The fourth-order valence-corrected chi connectivity index (χ4v) is 4.80. The number of halogens is 1. The van der Waals surface area contributed by atoms with Crippen molar-refractivity contribution < 1.29 is 4.79 Å². The topological polar surface area (TPSA) is 60.1 Å². The zero-order chi connectivity index (χ0) is 20.4. The standard InChI is InChI=1S/C21H23ClN4O2S/c1-2-24-10-11-26(21(24)28)13-19(27)25-8-6-15(7-9-25)18-14-29-20(23-18)16-4-3-5-17(22)12-16/h3-5,10-12,14-15H,2,6-9,13H2,1H3. The van der Waals surface area contributed by atoms with E-state index in [0.29, 0.717) is 30.6 Å². The molecule has 2 aromatic heterocycles. The van der Waals surface area contributed by atoms with Crippen molar-refractivity contribution in [1.29, 1.82) is 0 Å². The van der Waals surface area contributed by atoms with Crippen LogP contribution < -0.4 is 5.69 Å². The number of carbonyl (C=O) groups is 1. The lowest BCUT2D eigenvalue weighted by molar-refractivity contribution is -0.132. The SMILES string of the molecule is CCn1ccn(CC(=O)N2CCC(c3csc(-c4cccc(Cl)c4)n3)CC2)c1=O. The number of amides is 1. The fraction of sp³-hybridized carbons (Fsp3) is 0.381. The summed E-state index contributed by atoms with van der Waals surface area (Å²) in [5, 5.41) is 3.80. The minimum atomic E-state index is -0.133. The van der Waals surface area contributed by atoms with E-state index < -0.39 is 0 Å². The Morgan fingerprint density at radius 2 is 2.00 bits per heavy atom. The summed E-state index contributed by atoms with van der Waals surface area (Å²) in [6.45, 7) is 4.00. The summed E-state index contributed by atoms with van der Waals surface area (Å²) in [5.74, 6) is 0.351. The summed E-state index contributed by atoms with van der Waals surface area (Å²) in [6.07, 6.45) is 5.18. The van der Waals surface area contributed by atoms with Gasteiger partial charge in [0.2, 0.25) is 5.91 Å². The smallest absolute Gasteiger partial charge is 0.328 e. The first-order chi connectivity index (χ1) is 14.0. The maximum absolute atomic E-state index is 12.6.